The molecule has 9 nitrogen and oxygen atoms in total. The zero-order valence-corrected chi connectivity index (χ0v) is 18.6. The monoisotopic (exact) mass is 456 g/mol. The molecule has 10 heteroatoms. The van der Waals surface area contributed by atoms with Gasteiger partial charge in [-0.25, -0.2) is 13.1 Å². The fraction of sp³-hybridized carbons (Fsp3) is 0.273. The highest BCUT2D eigenvalue weighted by atomic mass is 32.2. The number of benzene rings is 2. The summed E-state index contributed by atoms with van der Waals surface area (Å²) >= 11 is 0. The average molecular weight is 457 g/mol. The largest absolute Gasteiger partial charge is 0.495 e. The second-order valence-electron chi connectivity index (χ2n) is 7.25. The van der Waals surface area contributed by atoms with Crippen molar-refractivity contribution in [2.24, 2.45) is 0 Å². The molecule has 0 radical (unpaired) electrons. The van der Waals surface area contributed by atoms with E-state index in [4.69, 9.17) is 9.47 Å². The van der Waals surface area contributed by atoms with Gasteiger partial charge in [-0.1, -0.05) is 18.2 Å². The highest BCUT2D eigenvalue weighted by molar-refractivity contribution is 7.89. The van der Waals surface area contributed by atoms with Crippen molar-refractivity contribution in [1.29, 1.82) is 0 Å². The number of hydrogen-bond donors (Lipinski definition) is 1. The number of carbonyl (C=O) groups excluding carboxylic acids is 1. The van der Waals surface area contributed by atoms with Crippen molar-refractivity contribution < 1.29 is 22.7 Å². The summed E-state index contributed by atoms with van der Waals surface area (Å²) in [7, 11) is -2.40. The van der Waals surface area contributed by atoms with Crippen molar-refractivity contribution in [3.8, 4) is 11.4 Å². The molecule has 1 aliphatic heterocycles. The fourth-order valence-electron chi connectivity index (χ4n) is 3.49. The Morgan fingerprint density at radius 3 is 2.50 bits per heavy atom. The molecule has 1 N–H and O–H groups in total. The summed E-state index contributed by atoms with van der Waals surface area (Å²) in [6.45, 7) is 3.05. The molecule has 2 aromatic carbocycles. The maximum Gasteiger partial charge on any atom is 0.276 e. The summed E-state index contributed by atoms with van der Waals surface area (Å²) in [5, 5.41) is 7.13. The highest BCUT2D eigenvalue weighted by Gasteiger charge is 2.29. The number of nitrogens with zero attached hydrogens (tertiary/aromatic N) is 3. The lowest BCUT2D eigenvalue weighted by atomic mass is 10.3. The molecule has 1 amide bonds. The quantitative estimate of drug-likeness (QED) is 0.611. The molecule has 0 atom stereocenters. The number of sulfonamides is 1. The van der Waals surface area contributed by atoms with Gasteiger partial charge in [-0.15, -0.1) is 0 Å². The number of para-hydroxylation sites is 1. The van der Waals surface area contributed by atoms with E-state index in [1.54, 1.807) is 16.8 Å². The Balaban J connectivity index is 1.60. The maximum absolute atomic E-state index is 13.1. The van der Waals surface area contributed by atoms with E-state index >= 15 is 0 Å². The molecular formula is C22H24N4O5S. The van der Waals surface area contributed by atoms with Crippen LogP contribution in [0.1, 0.15) is 16.2 Å². The third-order valence-electron chi connectivity index (χ3n) is 5.13. The van der Waals surface area contributed by atoms with Gasteiger partial charge in [0.2, 0.25) is 10.0 Å². The second kappa shape index (κ2) is 9.11. The number of morpholine rings is 1. The molecule has 0 saturated carbocycles. The van der Waals surface area contributed by atoms with E-state index in [1.165, 1.54) is 23.5 Å². The number of aryl methyl sites for hydroxylation is 1. The summed E-state index contributed by atoms with van der Waals surface area (Å²) < 4.78 is 39.8. The minimum absolute atomic E-state index is 0.00862. The summed E-state index contributed by atoms with van der Waals surface area (Å²) in [6.07, 6.45) is 0. The lowest BCUT2D eigenvalue weighted by Crippen LogP contribution is -2.40. The first-order valence-corrected chi connectivity index (χ1v) is 11.5. The van der Waals surface area contributed by atoms with Crippen LogP contribution in [0.2, 0.25) is 0 Å². The molecule has 1 aliphatic rings. The van der Waals surface area contributed by atoms with E-state index in [9.17, 15) is 13.2 Å². The van der Waals surface area contributed by atoms with E-state index in [2.05, 4.69) is 10.4 Å². The summed E-state index contributed by atoms with van der Waals surface area (Å²) in [6, 6.07) is 15.7. The van der Waals surface area contributed by atoms with Crippen molar-refractivity contribution in [1.82, 2.24) is 14.1 Å². The van der Waals surface area contributed by atoms with Crippen LogP contribution in [0.4, 0.5) is 5.69 Å². The van der Waals surface area contributed by atoms with Crippen LogP contribution in [0.25, 0.3) is 5.69 Å². The number of rotatable bonds is 6. The number of carbonyl (C=O) groups is 1. The van der Waals surface area contributed by atoms with Crippen molar-refractivity contribution in [3.63, 3.8) is 0 Å². The zero-order chi connectivity index (χ0) is 22.7. The molecule has 3 aromatic rings. The Hall–Kier alpha value is -3.21. The van der Waals surface area contributed by atoms with Crippen molar-refractivity contribution in [2.75, 3.05) is 38.7 Å². The molecular weight excluding hydrogens is 432 g/mol. The first-order chi connectivity index (χ1) is 15.4. The lowest BCUT2D eigenvalue weighted by molar-refractivity contribution is 0.0729. The zero-order valence-electron chi connectivity index (χ0n) is 17.8. The number of nitrogens with one attached hydrogen (secondary N) is 1. The number of ether oxygens (including phenoxy) is 2. The molecule has 4 rings (SSSR count). The van der Waals surface area contributed by atoms with Crippen LogP contribution in [0.5, 0.6) is 5.75 Å². The van der Waals surface area contributed by atoms with Gasteiger partial charge < -0.3 is 14.8 Å². The molecule has 2 heterocycles. The molecule has 32 heavy (non-hydrogen) atoms. The van der Waals surface area contributed by atoms with E-state index < -0.39 is 15.9 Å². The minimum atomic E-state index is -3.81. The number of aromatic nitrogens is 2. The predicted octanol–water partition coefficient (Wildman–Crippen LogP) is 2.46. The molecule has 0 unspecified atom stereocenters. The van der Waals surface area contributed by atoms with Gasteiger partial charge in [0.15, 0.2) is 5.69 Å². The maximum atomic E-state index is 13.1. The Morgan fingerprint density at radius 2 is 1.81 bits per heavy atom. The van der Waals surface area contributed by atoms with Gasteiger partial charge in [0, 0.05) is 24.5 Å². The van der Waals surface area contributed by atoms with Gasteiger partial charge in [-0.2, -0.15) is 9.40 Å². The normalized spacial score (nSPS) is 14.8. The van der Waals surface area contributed by atoms with Gasteiger partial charge in [0.05, 0.1) is 26.0 Å². The fourth-order valence-corrected chi connectivity index (χ4v) is 5.08. The van der Waals surface area contributed by atoms with E-state index in [1.807, 2.05) is 37.3 Å². The van der Waals surface area contributed by atoms with E-state index in [0.29, 0.717) is 18.9 Å². The topological polar surface area (TPSA) is 103 Å². The molecule has 1 aromatic heterocycles. The van der Waals surface area contributed by atoms with Crippen molar-refractivity contribution >= 4 is 21.6 Å². The SMILES string of the molecule is COc1ccc(NC(=O)c2cc(C)n(-c3ccccc3)n2)cc1S(=O)(=O)N1CCOCC1. The van der Waals surface area contributed by atoms with Crippen LogP contribution in [0, 0.1) is 6.92 Å². The second-order valence-corrected chi connectivity index (χ2v) is 9.16. The van der Waals surface area contributed by atoms with Crippen molar-refractivity contribution in [3.05, 3.63) is 66.0 Å². The highest BCUT2D eigenvalue weighted by Crippen LogP contribution is 2.30. The molecule has 0 spiro atoms. The van der Waals surface area contributed by atoms with Crippen LogP contribution in [-0.2, 0) is 14.8 Å². The van der Waals surface area contributed by atoms with Gasteiger partial charge in [0.25, 0.3) is 5.91 Å². The Kier molecular flexibility index (Phi) is 6.26. The Bertz CT molecular complexity index is 1220. The standard InChI is InChI=1S/C22H24N4O5S/c1-16-14-19(24-26(16)18-6-4-3-5-7-18)22(27)23-17-8-9-20(30-2)21(15-17)32(28,29)25-10-12-31-13-11-25/h3-9,14-15H,10-13H2,1-2H3,(H,23,27). The molecule has 0 aliphatic carbocycles. The summed E-state index contributed by atoms with van der Waals surface area (Å²) in [5.41, 5.74) is 2.19. The summed E-state index contributed by atoms with van der Waals surface area (Å²) in [4.78, 5) is 12.8. The van der Waals surface area contributed by atoms with Crippen LogP contribution < -0.4 is 10.1 Å². The van der Waals surface area contributed by atoms with Crippen LogP contribution >= 0.6 is 0 Å². The smallest absolute Gasteiger partial charge is 0.276 e. The summed E-state index contributed by atoms with van der Waals surface area (Å²) in [5.74, 6) is -0.235. The number of anilines is 1. The minimum Gasteiger partial charge on any atom is -0.495 e. The number of hydrogen-bond acceptors (Lipinski definition) is 6. The Labute approximate surface area is 186 Å². The van der Waals surface area contributed by atoms with Gasteiger partial charge in [-0.3, -0.25) is 4.79 Å². The van der Waals surface area contributed by atoms with Gasteiger partial charge in [-0.05, 0) is 43.3 Å². The number of amides is 1. The molecule has 1 saturated heterocycles. The van der Waals surface area contributed by atoms with Crippen LogP contribution in [-0.4, -0.2) is 61.8 Å². The molecule has 0 bridgehead atoms. The average Bonchev–Trinajstić information content (AvgIpc) is 3.22. The first-order valence-electron chi connectivity index (χ1n) is 10.1. The Morgan fingerprint density at radius 1 is 1.09 bits per heavy atom. The third kappa shape index (κ3) is 4.38. The van der Waals surface area contributed by atoms with Gasteiger partial charge in [0.1, 0.15) is 10.6 Å². The van der Waals surface area contributed by atoms with Crippen molar-refractivity contribution in [2.45, 2.75) is 11.8 Å². The van der Waals surface area contributed by atoms with Gasteiger partial charge >= 0.3 is 0 Å². The predicted molar refractivity (Wildman–Crippen MR) is 119 cm³/mol. The van der Waals surface area contributed by atoms with E-state index in [-0.39, 0.29) is 29.4 Å². The lowest BCUT2D eigenvalue weighted by Gasteiger charge is -2.26. The molecule has 1 fully saturated rings. The van der Waals surface area contributed by atoms with Crippen LogP contribution in [0.15, 0.2) is 59.5 Å². The first kappa shape index (κ1) is 22.0. The van der Waals surface area contributed by atoms with Crippen LogP contribution in [0.3, 0.4) is 0 Å². The third-order valence-corrected chi connectivity index (χ3v) is 7.05. The number of methoxy groups -OCH3 is 1. The molecule has 168 valence electrons. The van der Waals surface area contributed by atoms with E-state index in [0.717, 1.165) is 11.4 Å².